The number of halogens is 4. The van der Waals surface area contributed by atoms with Gasteiger partial charge in [0, 0.05) is 30.2 Å². The van der Waals surface area contributed by atoms with Crippen molar-refractivity contribution in [3.63, 3.8) is 0 Å². The van der Waals surface area contributed by atoms with Crippen LogP contribution in [-0.4, -0.2) is 39.3 Å². The lowest BCUT2D eigenvalue weighted by atomic mass is 10.1. The number of oxime groups is 1. The molecule has 0 fully saturated rings. The molecule has 0 aliphatic rings. The predicted molar refractivity (Wildman–Crippen MR) is 122 cm³/mol. The summed E-state index contributed by atoms with van der Waals surface area (Å²) in [5, 5.41) is 11.7. The lowest BCUT2D eigenvalue weighted by Gasteiger charge is -2.12. The minimum Gasteiger partial charge on any atom is -0.335 e. The summed E-state index contributed by atoms with van der Waals surface area (Å²) in [6.45, 7) is 1.52. The van der Waals surface area contributed by atoms with Gasteiger partial charge >= 0.3 is 5.92 Å². The normalized spacial score (nSPS) is 11.9. The Kier molecular flexibility index (Phi) is 6.95. The van der Waals surface area contributed by atoms with Crippen molar-refractivity contribution < 1.29 is 22.4 Å². The first-order valence-electron chi connectivity index (χ1n) is 10.3. The SMILES string of the molecule is C=NOC(=NCc1ccc(C(F)(F)CF)cc1)c1nnn(-c2ccccc2F)c1-c1ccncc1. The number of hydrogen-bond donors (Lipinski definition) is 0. The monoisotopic (exact) mass is 482 g/mol. The average molecular weight is 482 g/mol. The summed E-state index contributed by atoms with van der Waals surface area (Å²) in [7, 11) is 0. The Balaban J connectivity index is 1.75. The van der Waals surface area contributed by atoms with E-state index < -0.39 is 24.0 Å². The first-order valence-corrected chi connectivity index (χ1v) is 10.3. The van der Waals surface area contributed by atoms with Crippen LogP contribution in [-0.2, 0) is 17.3 Å². The van der Waals surface area contributed by atoms with Crippen molar-refractivity contribution in [1.29, 1.82) is 0 Å². The highest BCUT2D eigenvalue weighted by Crippen LogP contribution is 2.29. The van der Waals surface area contributed by atoms with E-state index in [0.717, 1.165) is 12.1 Å². The van der Waals surface area contributed by atoms with Crippen molar-refractivity contribution >= 4 is 12.6 Å². The predicted octanol–water partition coefficient (Wildman–Crippen LogP) is 5.11. The van der Waals surface area contributed by atoms with Crippen LogP contribution in [0.3, 0.4) is 0 Å². The third kappa shape index (κ3) is 5.08. The van der Waals surface area contributed by atoms with Crippen molar-refractivity contribution in [1.82, 2.24) is 20.0 Å². The molecule has 4 rings (SSSR count). The molecule has 0 saturated carbocycles. The van der Waals surface area contributed by atoms with Gasteiger partial charge in [0.25, 0.3) is 5.90 Å². The molecule has 7 nitrogen and oxygen atoms in total. The molecule has 2 aromatic heterocycles. The molecule has 2 heterocycles. The standard InChI is InChI=1S/C24H18F4N6O/c1-29-35-23(31-14-16-6-8-18(9-7-16)24(27,28)15-25)21-22(17-10-12-30-13-11-17)34(33-32-21)20-5-3-2-4-19(20)26/h2-13H,1,14-15H2. The van der Waals surface area contributed by atoms with Crippen LogP contribution in [0.2, 0.25) is 0 Å². The minimum atomic E-state index is -3.56. The summed E-state index contributed by atoms with van der Waals surface area (Å²) in [5.41, 5.74) is 1.35. The van der Waals surface area contributed by atoms with Crippen LogP contribution in [0.25, 0.3) is 16.9 Å². The van der Waals surface area contributed by atoms with Gasteiger partial charge in [0.05, 0.1) is 6.54 Å². The van der Waals surface area contributed by atoms with Gasteiger partial charge in [0.1, 0.15) is 17.2 Å². The molecule has 0 radical (unpaired) electrons. The molecule has 0 aliphatic carbocycles. The molecule has 35 heavy (non-hydrogen) atoms. The van der Waals surface area contributed by atoms with Crippen LogP contribution in [0.15, 0.2) is 83.2 Å². The zero-order valence-electron chi connectivity index (χ0n) is 18.2. The van der Waals surface area contributed by atoms with Gasteiger partial charge in [-0.3, -0.25) is 4.98 Å². The smallest absolute Gasteiger partial charge is 0.301 e. The number of aromatic nitrogens is 4. The Hall–Kier alpha value is -4.41. The molecule has 4 aromatic rings. The second-order valence-electron chi connectivity index (χ2n) is 7.26. The molecular weight excluding hydrogens is 464 g/mol. The highest BCUT2D eigenvalue weighted by atomic mass is 19.3. The molecule has 11 heteroatoms. The Morgan fingerprint density at radius 2 is 1.74 bits per heavy atom. The number of nitrogens with zero attached hydrogens (tertiary/aromatic N) is 6. The fourth-order valence-corrected chi connectivity index (χ4v) is 3.29. The highest BCUT2D eigenvalue weighted by molar-refractivity contribution is 5.98. The Bertz CT molecular complexity index is 1340. The van der Waals surface area contributed by atoms with E-state index in [9.17, 15) is 17.6 Å². The lowest BCUT2D eigenvalue weighted by Crippen LogP contribution is -2.15. The molecular formula is C24H18F4N6O. The molecule has 178 valence electrons. The average Bonchev–Trinajstić information content (AvgIpc) is 3.32. The number of alkyl halides is 3. The van der Waals surface area contributed by atoms with E-state index in [1.807, 2.05) is 0 Å². The third-order valence-corrected chi connectivity index (χ3v) is 5.01. The summed E-state index contributed by atoms with van der Waals surface area (Å²) in [6, 6.07) is 14.5. The van der Waals surface area contributed by atoms with Crippen LogP contribution in [0.4, 0.5) is 17.6 Å². The van der Waals surface area contributed by atoms with Gasteiger partial charge in [-0.2, -0.15) is 8.78 Å². The molecule has 0 N–H and O–H groups in total. The number of para-hydroxylation sites is 1. The van der Waals surface area contributed by atoms with Crippen molar-refractivity contribution in [2.75, 3.05) is 6.67 Å². The number of benzene rings is 2. The van der Waals surface area contributed by atoms with Gasteiger partial charge in [-0.1, -0.05) is 46.8 Å². The second-order valence-corrected chi connectivity index (χ2v) is 7.26. The summed E-state index contributed by atoms with van der Waals surface area (Å²) >= 11 is 0. The number of hydrogen-bond acceptors (Lipinski definition) is 6. The van der Waals surface area contributed by atoms with E-state index >= 15 is 0 Å². The quantitative estimate of drug-likeness (QED) is 0.151. The van der Waals surface area contributed by atoms with Gasteiger partial charge in [-0.05, 0) is 29.8 Å². The van der Waals surface area contributed by atoms with Crippen LogP contribution in [0.5, 0.6) is 0 Å². The van der Waals surface area contributed by atoms with E-state index in [2.05, 4.69) is 32.2 Å². The van der Waals surface area contributed by atoms with E-state index in [-0.39, 0.29) is 23.8 Å². The maximum absolute atomic E-state index is 14.6. The van der Waals surface area contributed by atoms with Gasteiger partial charge in [0.2, 0.25) is 0 Å². The van der Waals surface area contributed by atoms with E-state index in [4.69, 9.17) is 4.84 Å². The van der Waals surface area contributed by atoms with Crippen molar-refractivity contribution in [2.24, 2.45) is 10.1 Å². The summed E-state index contributed by atoms with van der Waals surface area (Å²) in [4.78, 5) is 13.6. The number of pyridine rings is 1. The van der Waals surface area contributed by atoms with Gasteiger partial charge in [-0.25, -0.2) is 18.5 Å². The van der Waals surface area contributed by atoms with Crippen LogP contribution in [0, 0.1) is 5.82 Å². The summed E-state index contributed by atoms with van der Waals surface area (Å²) in [6.07, 6.45) is 3.10. The van der Waals surface area contributed by atoms with E-state index in [0.29, 0.717) is 16.8 Å². The zero-order valence-corrected chi connectivity index (χ0v) is 18.2. The first kappa shape index (κ1) is 23.7. The first-order chi connectivity index (χ1) is 16.9. The zero-order chi connectivity index (χ0) is 24.8. The molecule has 0 unspecified atom stereocenters. The Morgan fingerprint density at radius 3 is 2.40 bits per heavy atom. The van der Waals surface area contributed by atoms with Crippen molar-refractivity contribution in [3.05, 3.63) is 95.7 Å². The molecule has 2 aromatic carbocycles. The van der Waals surface area contributed by atoms with Crippen LogP contribution < -0.4 is 0 Å². The van der Waals surface area contributed by atoms with E-state index in [1.54, 1.807) is 36.7 Å². The summed E-state index contributed by atoms with van der Waals surface area (Å²) < 4.78 is 55.5. The summed E-state index contributed by atoms with van der Waals surface area (Å²) in [5.74, 6) is -4.16. The maximum Gasteiger partial charge on any atom is 0.301 e. The van der Waals surface area contributed by atoms with Crippen molar-refractivity contribution in [2.45, 2.75) is 12.5 Å². The molecule has 0 spiro atoms. The fraction of sp³-hybridized carbons (Fsp3) is 0.125. The number of rotatable bonds is 8. The van der Waals surface area contributed by atoms with Gasteiger partial charge < -0.3 is 4.84 Å². The fourth-order valence-electron chi connectivity index (χ4n) is 3.29. The van der Waals surface area contributed by atoms with Crippen molar-refractivity contribution in [3.8, 4) is 16.9 Å². The Labute approximate surface area is 197 Å². The van der Waals surface area contributed by atoms with Gasteiger partial charge in [0.15, 0.2) is 12.4 Å². The number of aliphatic imine (C=N–C) groups is 1. The van der Waals surface area contributed by atoms with Crippen LogP contribution >= 0.6 is 0 Å². The van der Waals surface area contributed by atoms with E-state index in [1.165, 1.54) is 28.9 Å². The topological polar surface area (TPSA) is 77.5 Å². The minimum absolute atomic E-state index is 0.00528. The highest BCUT2D eigenvalue weighted by Gasteiger charge is 2.31. The second kappa shape index (κ2) is 10.2. The van der Waals surface area contributed by atoms with Crippen LogP contribution in [0.1, 0.15) is 16.8 Å². The molecule has 0 bridgehead atoms. The molecule has 0 saturated heterocycles. The molecule has 0 aliphatic heterocycles. The third-order valence-electron chi connectivity index (χ3n) is 5.01. The molecule has 0 amide bonds. The largest absolute Gasteiger partial charge is 0.335 e. The Morgan fingerprint density at radius 1 is 1.03 bits per heavy atom. The lowest BCUT2D eigenvalue weighted by molar-refractivity contribution is -0.0280. The van der Waals surface area contributed by atoms with Gasteiger partial charge in [-0.15, -0.1) is 5.10 Å². The maximum atomic E-state index is 14.6. The molecule has 0 atom stereocenters.